The standard InChI is InChI=1S/C16H18N2O2S/c1-12(13-7-3-4-8-14(13)20-2)18-15(19)11-21-16-9-5-6-10-17-16/h3-10,12H,11H2,1-2H3,(H,18,19). The second-order valence-corrected chi connectivity index (χ2v) is 5.48. The van der Waals surface area contributed by atoms with E-state index in [-0.39, 0.29) is 11.9 Å². The van der Waals surface area contributed by atoms with Crippen LogP contribution in [0.3, 0.4) is 0 Å². The fraction of sp³-hybridized carbons (Fsp3) is 0.250. The lowest BCUT2D eigenvalue weighted by Gasteiger charge is -2.17. The molecule has 0 aliphatic carbocycles. The molecule has 2 aromatic rings. The first-order chi connectivity index (χ1) is 10.2. The first kappa shape index (κ1) is 15.4. The average Bonchev–Trinajstić information content (AvgIpc) is 2.53. The van der Waals surface area contributed by atoms with Gasteiger partial charge in [-0.3, -0.25) is 4.79 Å². The van der Waals surface area contributed by atoms with Gasteiger partial charge in [-0.25, -0.2) is 4.98 Å². The third-order valence-corrected chi connectivity index (χ3v) is 3.92. The summed E-state index contributed by atoms with van der Waals surface area (Å²) >= 11 is 1.42. The number of aromatic nitrogens is 1. The Balaban J connectivity index is 1.90. The van der Waals surface area contributed by atoms with Crippen LogP contribution in [0, 0.1) is 0 Å². The zero-order chi connectivity index (χ0) is 15.1. The lowest BCUT2D eigenvalue weighted by atomic mass is 10.1. The van der Waals surface area contributed by atoms with Gasteiger partial charge in [-0.15, -0.1) is 0 Å². The van der Waals surface area contributed by atoms with Crippen molar-refractivity contribution < 1.29 is 9.53 Å². The van der Waals surface area contributed by atoms with Gasteiger partial charge in [-0.1, -0.05) is 36.0 Å². The molecule has 1 aromatic heterocycles. The topological polar surface area (TPSA) is 51.2 Å². The third kappa shape index (κ3) is 4.49. The summed E-state index contributed by atoms with van der Waals surface area (Å²) in [6.45, 7) is 1.95. The summed E-state index contributed by atoms with van der Waals surface area (Å²) in [7, 11) is 1.63. The molecule has 0 saturated heterocycles. The number of methoxy groups -OCH3 is 1. The molecule has 4 nitrogen and oxygen atoms in total. The van der Waals surface area contributed by atoms with Gasteiger partial charge in [0.25, 0.3) is 0 Å². The minimum atomic E-state index is -0.0991. The molecule has 1 amide bonds. The van der Waals surface area contributed by atoms with Crippen molar-refractivity contribution in [3.05, 3.63) is 54.2 Å². The minimum Gasteiger partial charge on any atom is -0.496 e. The van der Waals surface area contributed by atoms with E-state index in [0.29, 0.717) is 5.75 Å². The fourth-order valence-corrected chi connectivity index (χ4v) is 2.63. The summed E-state index contributed by atoms with van der Waals surface area (Å²) in [5, 5.41) is 3.82. The number of carbonyl (C=O) groups is 1. The largest absolute Gasteiger partial charge is 0.496 e. The zero-order valence-corrected chi connectivity index (χ0v) is 12.9. The summed E-state index contributed by atoms with van der Waals surface area (Å²) in [5.41, 5.74) is 0.969. The highest BCUT2D eigenvalue weighted by Gasteiger charge is 2.13. The molecule has 1 aromatic carbocycles. The summed E-state index contributed by atoms with van der Waals surface area (Å²) in [6, 6.07) is 13.2. The smallest absolute Gasteiger partial charge is 0.230 e. The SMILES string of the molecule is COc1ccccc1C(C)NC(=O)CSc1ccccn1. The van der Waals surface area contributed by atoms with Crippen molar-refractivity contribution in [3.63, 3.8) is 0 Å². The maximum absolute atomic E-state index is 12.0. The van der Waals surface area contributed by atoms with E-state index in [9.17, 15) is 4.79 Å². The normalized spacial score (nSPS) is 11.7. The van der Waals surface area contributed by atoms with Crippen LogP contribution in [0.4, 0.5) is 0 Å². The van der Waals surface area contributed by atoms with E-state index in [2.05, 4.69) is 10.3 Å². The highest BCUT2D eigenvalue weighted by atomic mass is 32.2. The van der Waals surface area contributed by atoms with Gasteiger partial charge in [0.05, 0.1) is 23.9 Å². The second-order valence-electron chi connectivity index (χ2n) is 4.49. The maximum Gasteiger partial charge on any atom is 0.230 e. The van der Waals surface area contributed by atoms with Crippen molar-refractivity contribution in [1.82, 2.24) is 10.3 Å². The van der Waals surface area contributed by atoms with E-state index < -0.39 is 0 Å². The zero-order valence-electron chi connectivity index (χ0n) is 12.1. The first-order valence-corrected chi connectivity index (χ1v) is 7.65. The molecule has 0 fully saturated rings. The molecule has 0 saturated carbocycles. The first-order valence-electron chi connectivity index (χ1n) is 6.67. The Labute approximate surface area is 128 Å². The Morgan fingerprint density at radius 2 is 2.05 bits per heavy atom. The summed E-state index contributed by atoms with van der Waals surface area (Å²) in [6.07, 6.45) is 1.72. The molecule has 110 valence electrons. The Hall–Kier alpha value is -2.01. The van der Waals surface area contributed by atoms with Gasteiger partial charge in [0, 0.05) is 11.8 Å². The molecule has 0 bridgehead atoms. The molecule has 1 atom stereocenters. The third-order valence-electron chi connectivity index (χ3n) is 2.97. The van der Waals surface area contributed by atoms with Crippen molar-refractivity contribution in [2.75, 3.05) is 12.9 Å². The van der Waals surface area contributed by atoms with Crippen LogP contribution < -0.4 is 10.1 Å². The van der Waals surface area contributed by atoms with Crippen LogP contribution in [-0.4, -0.2) is 23.8 Å². The van der Waals surface area contributed by atoms with Crippen molar-refractivity contribution in [3.8, 4) is 5.75 Å². The fourth-order valence-electron chi connectivity index (χ4n) is 1.96. The van der Waals surface area contributed by atoms with Gasteiger partial charge in [0.1, 0.15) is 5.75 Å². The van der Waals surface area contributed by atoms with E-state index in [1.807, 2.05) is 49.4 Å². The van der Waals surface area contributed by atoms with Gasteiger partial charge in [-0.2, -0.15) is 0 Å². The van der Waals surface area contributed by atoms with Crippen LogP contribution >= 0.6 is 11.8 Å². The van der Waals surface area contributed by atoms with E-state index in [4.69, 9.17) is 4.74 Å². The number of rotatable bonds is 6. The van der Waals surface area contributed by atoms with Crippen LogP contribution in [0.2, 0.25) is 0 Å². The number of hydrogen-bond donors (Lipinski definition) is 1. The van der Waals surface area contributed by atoms with Crippen LogP contribution in [-0.2, 0) is 4.79 Å². The molecule has 0 radical (unpaired) electrons. The average molecular weight is 302 g/mol. The van der Waals surface area contributed by atoms with Gasteiger partial charge in [0.2, 0.25) is 5.91 Å². The van der Waals surface area contributed by atoms with Crippen LogP contribution in [0.5, 0.6) is 5.75 Å². The highest BCUT2D eigenvalue weighted by Crippen LogP contribution is 2.24. The van der Waals surface area contributed by atoms with E-state index in [1.165, 1.54) is 11.8 Å². The predicted octanol–water partition coefficient (Wildman–Crippen LogP) is 3.06. The molecule has 0 aliphatic heterocycles. The molecule has 1 heterocycles. The Morgan fingerprint density at radius 3 is 2.76 bits per heavy atom. The van der Waals surface area contributed by atoms with E-state index in [1.54, 1.807) is 13.3 Å². The number of nitrogens with zero attached hydrogens (tertiary/aromatic N) is 1. The second kappa shape index (κ2) is 7.69. The lowest BCUT2D eigenvalue weighted by molar-refractivity contribution is -0.119. The number of hydrogen-bond acceptors (Lipinski definition) is 4. The number of benzene rings is 1. The van der Waals surface area contributed by atoms with Gasteiger partial charge < -0.3 is 10.1 Å². The molecule has 5 heteroatoms. The van der Waals surface area contributed by atoms with Crippen LogP contribution in [0.25, 0.3) is 0 Å². The van der Waals surface area contributed by atoms with Gasteiger partial charge in [-0.05, 0) is 25.1 Å². The van der Waals surface area contributed by atoms with Crippen molar-refractivity contribution in [2.45, 2.75) is 18.0 Å². The number of carbonyl (C=O) groups excluding carboxylic acids is 1. The van der Waals surface area contributed by atoms with Crippen molar-refractivity contribution in [2.24, 2.45) is 0 Å². The van der Waals surface area contributed by atoms with E-state index >= 15 is 0 Å². The molecule has 0 aliphatic rings. The minimum absolute atomic E-state index is 0.0240. The number of nitrogens with one attached hydrogen (secondary N) is 1. The molecule has 0 spiro atoms. The number of amides is 1. The molecule has 2 rings (SSSR count). The van der Waals surface area contributed by atoms with Crippen LogP contribution in [0.1, 0.15) is 18.5 Å². The molecular formula is C16H18N2O2S. The predicted molar refractivity (Wildman–Crippen MR) is 84.5 cm³/mol. The number of ether oxygens (including phenoxy) is 1. The highest BCUT2D eigenvalue weighted by molar-refractivity contribution is 7.99. The van der Waals surface area contributed by atoms with E-state index in [0.717, 1.165) is 16.3 Å². The monoisotopic (exact) mass is 302 g/mol. The molecule has 1 unspecified atom stereocenters. The summed E-state index contributed by atoms with van der Waals surface area (Å²) in [5.74, 6) is 1.10. The lowest BCUT2D eigenvalue weighted by Crippen LogP contribution is -2.28. The van der Waals surface area contributed by atoms with Gasteiger partial charge in [0.15, 0.2) is 0 Å². The Morgan fingerprint density at radius 1 is 1.29 bits per heavy atom. The van der Waals surface area contributed by atoms with Gasteiger partial charge >= 0.3 is 0 Å². The quantitative estimate of drug-likeness (QED) is 0.833. The number of para-hydroxylation sites is 1. The maximum atomic E-state index is 12.0. The summed E-state index contributed by atoms with van der Waals surface area (Å²) in [4.78, 5) is 16.2. The number of pyridine rings is 1. The Bertz CT molecular complexity index is 590. The molecular weight excluding hydrogens is 284 g/mol. The molecule has 1 N–H and O–H groups in total. The number of thioether (sulfide) groups is 1. The van der Waals surface area contributed by atoms with Crippen LogP contribution in [0.15, 0.2) is 53.7 Å². The summed E-state index contributed by atoms with van der Waals surface area (Å²) < 4.78 is 5.31. The molecule has 21 heavy (non-hydrogen) atoms. The van der Waals surface area contributed by atoms with Crippen molar-refractivity contribution in [1.29, 1.82) is 0 Å². The Kier molecular flexibility index (Phi) is 5.63. The van der Waals surface area contributed by atoms with Crippen molar-refractivity contribution >= 4 is 17.7 Å².